The van der Waals surface area contributed by atoms with E-state index in [0.717, 1.165) is 5.56 Å². The molecule has 0 aliphatic carbocycles. The predicted octanol–water partition coefficient (Wildman–Crippen LogP) is 2.78. The third-order valence-corrected chi connectivity index (χ3v) is 3.76. The van der Waals surface area contributed by atoms with Crippen LogP contribution >= 0.6 is 8.15 Å². The summed E-state index contributed by atoms with van der Waals surface area (Å²) in [6, 6.07) is 8.97. The van der Waals surface area contributed by atoms with Gasteiger partial charge >= 0.3 is 0 Å². The van der Waals surface area contributed by atoms with Crippen molar-refractivity contribution in [3.05, 3.63) is 41.7 Å². The summed E-state index contributed by atoms with van der Waals surface area (Å²) in [6.07, 6.45) is 1.86. The van der Waals surface area contributed by atoms with Crippen molar-refractivity contribution >= 4 is 20.0 Å². The topological polar surface area (TPSA) is 93.3 Å². The lowest BCUT2D eigenvalue weighted by atomic mass is 10.1. The van der Waals surface area contributed by atoms with Crippen LogP contribution in [0.5, 0.6) is 5.75 Å². The minimum Gasteiger partial charge on any atom is -0.507 e. The minimum absolute atomic E-state index is 0.151. The van der Waals surface area contributed by atoms with E-state index in [0.29, 0.717) is 17.1 Å². The Morgan fingerprint density at radius 3 is 2.67 bits per heavy atom. The lowest BCUT2D eigenvalue weighted by molar-refractivity contribution is 0.381. The second-order valence-electron chi connectivity index (χ2n) is 4.30. The van der Waals surface area contributed by atoms with Crippen molar-refractivity contribution in [3.8, 4) is 17.0 Å². The van der Waals surface area contributed by atoms with E-state index in [1.165, 1.54) is 0 Å². The van der Waals surface area contributed by atoms with Gasteiger partial charge in [0, 0.05) is 12.6 Å². The highest BCUT2D eigenvalue weighted by Crippen LogP contribution is 2.33. The quantitative estimate of drug-likeness (QED) is 0.581. The first kappa shape index (κ1) is 15.4. The maximum atomic E-state index is 10.1. The summed E-state index contributed by atoms with van der Waals surface area (Å²) in [6.45, 7) is 1.89. The van der Waals surface area contributed by atoms with Crippen molar-refractivity contribution in [2.45, 2.75) is 0 Å². The van der Waals surface area contributed by atoms with Crippen molar-refractivity contribution in [2.75, 3.05) is 19.0 Å². The molecular weight excluding hydrogens is 287 g/mol. The molecule has 7 heteroatoms. The molecule has 0 spiro atoms. The monoisotopic (exact) mass is 304 g/mol. The van der Waals surface area contributed by atoms with E-state index in [1.54, 1.807) is 31.3 Å². The zero-order valence-electron chi connectivity index (χ0n) is 11.8. The Labute approximate surface area is 124 Å². The van der Waals surface area contributed by atoms with Gasteiger partial charge in [0.15, 0.2) is 0 Å². The lowest BCUT2D eigenvalue weighted by Gasteiger charge is -2.06. The Morgan fingerprint density at radius 2 is 2.10 bits per heavy atom. The molecule has 2 aromatic rings. The summed E-state index contributed by atoms with van der Waals surface area (Å²) < 4.78 is 4.71. The standard InChI is InChI=1S/C14H17N4O2P/c1-16-14-6-5-12(17-18-14)11-4-3-10(9-13(11)19)7-8-21(2)20-15/h3-9,19H,15H2,1-2H3,(H,16,18)/b8-7-. The molecule has 0 bridgehead atoms. The van der Waals surface area contributed by atoms with Gasteiger partial charge in [-0.15, -0.1) is 10.2 Å². The van der Waals surface area contributed by atoms with Gasteiger partial charge in [-0.05, 0) is 42.3 Å². The van der Waals surface area contributed by atoms with Crippen LogP contribution in [0.1, 0.15) is 5.56 Å². The number of nitrogens with zero attached hydrogens (tertiary/aromatic N) is 2. The fourth-order valence-electron chi connectivity index (χ4n) is 1.70. The minimum atomic E-state index is -0.783. The highest BCUT2D eigenvalue weighted by atomic mass is 31.1. The number of phenolic OH excluding ortho intramolecular Hbond substituents is 1. The summed E-state index contributed by atoms with van der Waals surface area (Å²) in [5, 5.41) is 21.1. The van der Waals surface area contributed by atoms with E-state index in [-0.39, 0.29) is 5.75 Å². The van der Waals surface area contributed by atoms with Gasteiger partial charge in [-0.25, -0.2) is 5.90 Å². The van der Waals surface area contributed by atoms with Crippen molar-refractivity contribution in [1.82, 2.24) is 10.2 Å². The number of phenols is 1. The number of rotatable bonds is 5. The van der Waals surface area contributed by atoms with Crippen LogP contribution in [0.2, 0.25) is 0 Å². The number of anilines is 1. The van der Waals surface area contributed by atoms with Gasteiger partial charge in [0.2, 0.25) is 0 Å². The molecule has 0 fully saturated rings. The van der Waals surface area contributed by atoms with Crippen molar-refractivity contribution in [1.29, 1.82) is 0 Å². The zero-order valence-corrected chi connectivity index (χ0v) is 12.7. The number of aromatic nitrogens is 2. The first-order chi connectivity index (χ1) is 10.1. The largest absolute Gasteiger partial charge is 0.507 e. The maximum Gasteiger partial charge on any atom is 0.148 e. The predicted molar refractivity (Wildman–Crippen MR) is 85.8 cm³/mol. The molecule has 1 atom stereocenters. The van der Waals surface area contributed by atoms with Crippen LogP contribution in [-0.4, -0.2) is 29.0 Å². The molecule has 0 saturated heterocycles. The fourth-order valence-corrected chi connectivity index (χ4v) is 2.16. The number of benzene rings is 1. The van der Waals surface area contributed by atoms with Crippen LogP contribution in [0.3, 0.4) is 0 Å². The Balaban J connectivity index is 2.24. The normalized spacial score (nSPS) is 12.5. The molecule has 0 saturated carbocycles. The molecule has 0 aliphatic heterocycles. The SMILES string of the molecule is CNc1ccc(-c2ccc(/C=C\P(C)ON)cc2O)nn1. The molecule has 110 valence electrons. The van der Waals surface area contributed by atoms with Crippen molar-refractivity contribution in [2.24, 2.45) is 5.90 Å². The van der Waals surface area contributed by atoms with Crippen LogP contribution in [0.25, 0.3) is 17.3 Å². The average Bonchev–Trinajstić information content (AvgIpc) is 2.53. The molecule has 6 nitrogen and oxygen atoms in total. The molecular formula is C14H17N4O2P. The zero-order chi connectivity index (χ0) is 15.2. The van der Waals surface area contributed by atoms with Crippen LogP contribution in [0.4, 0.5) is 5.82 Å². The number of aromatic hydroxyl groups is 1. The maximum absolute atomic E-state index is 10.1. The average molecular weight is 304 g/mol. The van der Waals surface area contributed by atoms with Crippen LogP contribution in [-0.2, 0) is 4.62 Å². The second kappa shape index (κ2) is 7.13. The molecule has 1 heterocycles. The van der Waals surface area contributed by atoms with Gasteiger partial charge in [-0.3, -0.25) is 4.62 Å². The molecule has 1 aromatic carbocycles. The van der Waals surface area contributed by atoms with E-state index < -0.39 is 8.15 Å². The summed E-state index contributed by atoms with van der Waals surface area (Å²) >= 11 is 0. The summed E-state index contributed by atoms with van der Waals surface area (Å²) in [5.41, 5.74) is 2.11. The smallest absolute Gasteiger partial charge is 0.148 e. The first-order valence-electron chi connectivity index (χ1n) is 6.27. The Hall–Kier alpha value is -2.01. The Bertz CT molecular complexity index is 631. The van der Waals surface area contributed by atoms with E-state index in [1.807, 2.05) is 24.6 Å². The number of hydrogen-bond donors (Lipinski definition) is 3. The van der Waals surface area contributed by atoms with Crippen LogP contribution in [0, 0.1) is 0 Å². The van der Waals surface area contributed by atoms with E-state index in [4.69, 9.17) is 10.5 Å². The molecule has 21 heavy (non-hydrogen) atoms. The number of nitrogens with two attached hydrogens (primary N) is 1. The first-order valence-corrected chi connectivity index (χ1v) is 8.04. The van der Waals surface area contributed by atoms with Crippen LogP contribution < -0.4 is 11.2 Å². The molecule has 1 unspecified atom stereocenters. The number of hydrogen-bond acceptors (Lipinski definition) is 6. The number of nitrogens with one attached hydrogen (secondary N) is 1. The van der Waals surface area contributed by atoms with Gasteiger partial charge in [0.1, 0.15) is 11.6 Å². The van der Waals surface area contributed by atoms with Crippen molar-refractivity contribution in [3.63, 3.8) is 0 Å². The molecule has 0 radical (unpaired) electrons. The van der Waals surface area contributed by atoms with Gasteiger partial charge in [-0.1, -0.05) is 12.1 Å². The van der Waals surface area contributed by atoms with Gasteiger partial charge in [0.25, 0.3) is 0 Å². The highest BCUT2D eigenvalue weighted by molar-refractivity contribution is 7.55. The third-order valence-electron chi connectivity index (χ3n) is 2.86. The molecule has 1 aromatic heterocycles. The van der Waals surface area contributed by atoms with E-state index in [9.17, 15) is 5.11 Å². The van der Waals surface area contributed by atoms with Gasteiger partial charge in [0.05, 0.1) is 13.8 Å². The van der Waals surface area contributed by atoms with Crippen LogP contribution in [0.15, 0.2) is 36.1 Å². The van der Waals surface area contributed by atoms with Gasteiger partial charge < -0.3 is 10.4 Å². The summed E-state index contributed by atoms with van der Waals surface area (Å²) in [4.78, 5) is 0. The van der Waals surface area contributed by atoms with Gasteiger partial charge in [-0.2, -0.15) is 0 Å². The second-order valence-corrected chi connectivity index (χ2v) is 5.90. The van der Waals surface area contributed by atoms with Crippen molar-refractivity contribution < 1.29 is 9.73 Å². The highest BCUT2D eigenvalue weighted by Gasteiger charge is 2.07. The Kier molecular flexibility index (Phi) is 5.22. The Morgan fingerprint density at radius 1 is 1.29 bits per heavy atom. The fraction of sp³-hybridized carbons (Fsp3) is 0.143. The van der Waals surface area contributed by atoms with E-state index >= 15 is 0 Å². The lowest BCUT2D eigenvalue weighted by Crippen LogP contribution is -1.95. The summed E-state index contributed by atoms with van der Waals surface area (Å²) in [7, 11) is 0.991. The molecule has 0 aliphatic rings. The molecule has 2 rings (SSSR count). The molecule has 0 amide bonds. The van der Waals surface area contributed by atoms with E-state index in [2.05, 4.69) is 15.5 Å². The molecule has 4 N–H and O–H groups in total. The summed E-state index contributed by atoms with van der Waals surface area (Å²) in [5.74, 6) is 7.79. The third kappa shape index (κ3) is 3.98.